The van der Waals surface area contributed by atoms with Crippen molar-refractivity contribution in [2.45, 2.75) is 52.2 Å². The Balaban J connectivity index is 1.68. The summed E-state index contributed by atoms with van der Waals surface area (Å²) in [6, 6.07) is 5.06. The van der Waals surface area contributed by atoms with Crippen LogP contribution in [0, 0.1) is 6.92 Å². The van der Waals surface area contributed by atoms with E-state index in [0.29, 0.717) is 40.6 Å². The summed E-state index contributed by atoms with van der Waals surface area (Å²) in [5.41, 5.74) is 1.98. The highest BCUT2D eigenvalue weighted by Gasteiger charge is 2.30. The van der Waals surface area contributed by atoms with Gasteiger partial charge in [0.2, 0.25) is 0 Å². The van der Waals surface area contributed by atoms with Gasteiger partial charge in [-0.1, -0.05) is 11.6 Å². The molecule has 1 aliphatic rings. The Morgan fingerprint density at radius 1 is 1.24 bits per heavy atom. The van der Waals surface area contributed by atoms with Gasteiger partial charge in [-0.3, -0.25) is 0 Å². The number of fused-ring (bicyclic) bond motifs is 1. The van der Waals surface area contributed by atoms with Crippen molar-refractivity contribution in [2.24, 2.45) is 0 Å². The Labute approximate surface area is 202 Å². The van der Waals surface area contributed by atoms with E-state index in [1.807, 2.05) is 27.7 Å². The third kappa shape index (κ3) is 5.09. The molecule has 4 rings (SSSR count). The minimum atomic E-state index is -1.06. The van der Waals surface area contributed by atoms with Gasteiger partial charge in [0.1, 0.15) is 29.5 Å². The lowest BCUT2D eigenvalue weighted by Crippen LogP contribution is -2.46. The third-order valence-corrected chi connectivity index (χ3v) is 5.68. The molecule has 0 spiro atoms. The van der Waals surface area contributed by atoms with E-state index >= 15 is 0 Å². The van der Waals surface area contributed by atoms with Gasteiger partial charge in [0, 0.05) is 23.3 Å². The fraction of sp³-hybridized carbons (Fsp3) is 0.417. The molecule has 1 aliphatic heterocycles. The Bertz CT molecular complexity index is 1250. The molecular formula is C24H27ClN4O5. The van der Waals surface area contributed by atoms with Crippen LogP contribution in [0.15, 0.2) is 30.7 Å². The Kier molecular flexibility index (Phi) is 6.40. The number of carbonyl (C=O) groups excluding carboxylic acids is 1. The van der Waals surface area contributed by atoms with Crippen LogP contribution in [-0.4, -0.2) is 61.5 Å². The molecule has 0 saturated carbocycles. The van der Waals surface area contributed by atoms with Crippen LogP contribution >= 0.6 is 11.6 Å². The molecule has 1 atom stereocenters. The van der Waals surface area contributed by atoms with Gasteiger partial charge < -0.3 is 19.5 Å². The van der Waals surface area contributed by atoms with Gasteiger partial charge >= 0.3 is 12.1 Å². The van der Waals surface area contributed by atoms with Crippen molar-refractivity contribution in [1.29, 1.82) is 0 Å². The van der Waals surface area contributed by atoms with Gasteiger partial charge in [-0.15, -0.1) is 0 Å². The summed E-state index contributed by atoms with van der Waals surface area (Å²) in [4.78, 5) is 30.1. The number of aromatic carboxylic acids is 1. The number of hydrogen-bond donors (Lipinski definition) is 1. The topological polar surface area (TPSA) is 106 Å². The first-order chi connectivity index (χ1) is 16.0. The fourth-order valence-corrected chi connectivity index (χ4v) is 4.28. The van der Waals surface area contributed by atoms with Gasteiger partial charge in [0.25, 0.3) is 0 Å². The van der Waals surface area contributed by atoms with E-state index in [1.165, 1.54) is 23.1 Å². The highest BCUT2D eigenvalue weighted by Crippen LogP contribution is 2.38. The van der Waals surface area contributed by atoms with Crippen LogP contribution in [-0.2, 0) is 4.74 Å². The van der Waals surface area contributed by atoms with E-state index in [-0.39, 0.29) is 17.8 Å². The van der Waals surface area contributed by atoms with Crippen molar-refractivity contribution in [3.05, 3.63) is 46.9 Å². The SMILES string of the molecule is Cc1cc(Cl)cc(-c2ncnn3cc(C(=O)O)cc23)c1O[C@H]1CCCN(C(=O)OC(C)(C)C)C1. The molecule has 0 radical (unpaired) electrons. The first-order valence-corrected chi connectivity index (χ1v) is 11.4. The summed E-state index contributed by atoms with van der Waals surface area (Å²) >= 11 is 6.38. The zero-order valence-corrected chi connectivity index (χ0v) is 20.3. The maximum atomic E-state index is 12.6. The van der Waals surface area contributed by atoms with Crippen LogP contribution in [0.3, 0.4) is 0 Å². The number of ether oxygens (including phenoxy) is 2. The number of rotatable bonds is 4. The molecule has 1 N–H and O–H groups in total. The second kappa shape index (κ2) is 9.13. The zero-order valence-electron chi connectivity index (χ0n) is 19.5. The number of benzene rings is 1. The van der Waals surface area contributed by atoms with Crippen molar-refractivity contribution in [3.8, 4) is 17.0 Å². The normalized spacial score (nSPS) is 16.5. The molecule has 1 aromatic carbocycles. The number of piperidine rings is 1. The van der Waals surface area contributed by atoms with E-state index in [1.54, 1.807) is 17.0 Å². The average molecular weight is 487 g/mol. The van der Waals surface area contributed by atoms with Gasteiger partial charge in [-0.25, -0.2) is 19.1 Å². The molecule has 0 bridgehead atoms. The van der Waals surface area contributed by atoms with Gasteiger partial charge in [0.05, 0.1) is 17.6 Å². The maximum absolute atomic E-state index is 12.6. The summed E-state index contributed by atoms with van der Waals surface area (Å²) in [6.07, 6.45) is 3.73. The van der Waals surface area contributed by atoms with Crippen LogP contribution in [0.4, 0.5) is 4.79 Å². The maximum Gasteiger partial charge on any atom is 0.410 e. The molecule has 3 heterocycles. The minimum Gasteiger partial charge on any atom is -0.488 e. The predicted octanol–water partition coefficient (Wildman–Crippen LogP) is 4.83. The smallest absolute Gasteiger partial charge is 0.410 e. The monoisotopic (exact) mass is 486 g/mol. The molecule has 2 aromatic heterocycles. The average Bonchev–Trinajstić information content (AvgIpc) is 3.19. The minimum absolute atomic E-state index is 0.100. The summed E-state index contributed by atoms with van der Waals surface area (Å²) < 4.78 is 13.4. The van der Waals surface area contributed by atoms with Crippen LogP contribution in [0.5, 0.6) is 5.75 Å². The second-order valence-corrected chi connectivity index (χ2v) is 9.82. The van der Waals surface area contributed by atoms with E-state index in [4.69, 9.17) is 21.1 Å². The van der Waals surface area contributed by atoms with Gasteiger partial charge in [0.15, 0.2) is 0 Å². The predicted molar refractivity (Wildman–Crippen MR) is 127 cm³/mol. The summed E-state index contributed by atoms with van der Waals surface area (Å²) in [5, 5.41) is 14.0. The Morgan fingerprint density at radius 3 is 2.71 bits per heavy atom. The standard InChI is InChI=1S/C24H27ClN4O5/c1-14-8-16(25)10-18(20-19-9-15(22(30)31)11-29(19)27-13-26-20)21(14)33-17-6-5-7-28(12-17)23(32)34-24(2,3)4/h8-11,13,17H,5-7,12H2,1-4H3,(H,30,31)/t17-/m0/s1. The molecule has 1 fully saturated rings. The van der Waals surface area contributed by atoms with Gasteiger partial charge in [-0.05, 0) is 64.3 Å². The Morgan fingerprint density at radius 2 is 2.00 bits per heavy atom. The number of nitrogens with zero attached hydrogens (tertiary/aromatic N) is 4. The number of hydrogen-bond acceptors (Lipinski definition) is 6. The van der Waals surface area contributed by atoms with Crippen molar-refractivity contribution in [1.82, 2.24) is 19.5 Å². The Hall–Kier alpha value is -3.33. The van der Waals surface area contributed by atoms with Crippen molar-refractivity contribution in [2.75, 3.05) is 13.1 Å². The lowest BCUT2D eigenvalue weighted by atomic mass is 10.0. The molecule has 1 amide bonds. The molecule has 34 heavy (non-hydrogen) atoms. The van der Waals surface area contributed by atoms with E-state index < -0.39 is 11.6 Å². The van der Waals surface area contributed by atoms with Crippen LogP contribution in [0.2, 0.25) is 5.02 Å². The fourth-order valence-electron chi connectivity index (χ4n) is 4.01. The number of carboxylic acid groups (broad SMARTS) is 1. The quantitative estimate of drug-likeness (QED) is 0.562. The van der Waals surface area contributed by atoms with E-state index in [2.05, 4.69) is 10.1 Å². The van der Waals surface area contributed by atoms with Crippen LogP contribution in [0.25, 0.3) is 16.8 Å². The number of halogens is 1. The van der Waals surface area contributed by atoms with Crippen molar-refractivity contribution >= 4 is 29.2 Å². The highest BCUT2D eigenvalue weighted by atomic mass is 35.5. The van der Waals surface area contributed by atoms with Crippen molar-refractivity contribution in [3.63, 3.8) is 0 Å². The molecule has 180 valence electrons. The molecule has 0 unspecified atom stereocenters. The van der Waals surface area contributed by atoms with Crippen molar-refractivity contribution < 1.29 is 24.2 Å². The number of carbonyl (C=O) groups is 2. The highest BCUT2D eigenvalue weighted by molar-refractivity contribution is 6.31. The van der Waals surface area contributed by atoms with Crippen LogP contribution < -0.4 is 4.74 Å². The molecule has 3 aromatic rings. The lowest BCUT2D eigenvalue weighted by molar-refractivity contribution is 0.00775. The van der Waals surface area contributed by atoms with Gasteiger partial charge in [-0.2, -0.15) is 5.10 Å². The number of amides is 1. The molecular weight excluding hydrogens is 460 g/mol. The van der Waals surface area contributed by atoms with Crippen LogP contribution in [0.1, 0.15) is 49.5 Å². The summed E-state index contributed by atoms with van der Waals surface area (Å²) in [6.45, 7) is 8.40. The molecule has 9 nitrogen and oxygen atoms in total. The first-order valence-electron chi connectivity index (χ1n) is 11.0. The number of aryl methyl sites for hydroxylation is 1. The first kappa shape index (κ1) is 23.8. The summed E-state index contributed by atoms with van der Waals surface area (Å²) in [7, 11) is 0. The lowest BCUT2D eigenvalue weighted by Gasteiger charge is -2.34. The third-order valence-electron chi connectivity index (χ3n) is 5.46. The molecule has 0 aliphatic carbocycles. The summed E-state index contributed by atoms with van der Waals surface area (Å²) in [5.74, 6) is -0.473. The number of aromatic nitrogens is 3. The number of carboxylic acids is 1. The van der Waals surface area contributed by atoms with E-state index in [9.17, 15) is 14.7 Å². The second-order valence-electron chi connectivity index (χ2n) is 9.38. The zero-order chi connectivity index (χ0) is 24.6. The molecule has 10 heteroatoms. The number of likely N-dealkylation sites (tertiary alicyclic amines) is 1. The largest absolute Gasteiger partial charge is 0.488 e. The molecule has 1 saturated heterocycles. The van der Waals surface area contributed by atoms with E-state index in [0.717, 1.165) is 18.4 Å².